The molecule has 13 nitrogen and oxygen atoms in total. The summed E-state index contributed by atoms with van der Waals surface area (Å²) >= 11 is 0. The zero-order valence-electron chi connectivity index (χ0n) is 21.7. The maximum absolute atomic E-state index is 13.4. The Morgan fingerprint density at radius 1 is 1.17 bits per heavy atom. The number of carboxylic acids is 1. The van der Waals surface area contributed by atoms with Gasteiger partial charge in [0, 0.05) is 17.8 Å². The van der Waals surface area contributed by atoms with E-state index in [9.17, 15) is 31.2 Å². The van der Waals surface area contributed by atoms with Gasteiger partial charge < -0.3 is 20.9 Å². The number of aryl methyl sites for hydroxylation is 1. The number of halogens is 3. The highest BCUT2D eigenvalue weighted by Crippen LogP contribution is 2.37. The van der Waals surface area contributed by atoms with Crippen LogP contribution in [0.15, 0.2) is 54.7 Å². The number of nitrogens with two attached hydrogens (primary N) is 1. The number of amides is 1. The number of carbonyl (C=O) groups excluding carboxylic acids is 1. The quantitative estimate of drug-likeness (QED) is 0.150. The van der Waals surface area contributed by atoms with E-state index in [4.69, 9.17) is 15.6 Å². The van der Waals surface area contributed by atoms with E-state index in [0.29, 0.717) is 5.56 Å². The van der Waals surface area contributed by atoms with Crippen molar-refractivity contribution in [1.29, 1.82) is 0 Å². The first kappa shape index (κ1) is 29.9. The highest BCUT2D eigenvalue weighted by Gasteiger charge is 2.27. The minimum atomic E-state index is -5.08. The molecule has 1 atom stereocenters. The van der Waals surface area contributed by atoms with Crippen molar-refractivity contribution in [3.05, 3.63) is 71.7 Å². The molecule has 2 heterocycles. The lowest BCUT2D eigenvalue weighted by atomic mass is 10.1. The van der Waals surface area contributed by atoms with E-state index in [0.717, 1.165) is 6.07 Å². The average molecular weight is 608 g/mol. The van der Waals surface area contributed by atoms with Gasteiger partial charge in [-0.1, -0.05) is 18.2 Å². The maximum atomic E-state index is 13.4. The second-order valence-electron chi connectivity index (χ2n) is 8.85. The van der Waals surface area contributed by atoms with Crippen molar-refractivity contribution in [2.24, 2.45) is 5.73 Å². The highest BCUT2D eigenvalue weighted by atomic mass is 32.2. The Morgan fingerprint density at radius 2 is 1.88 bits per heavy atom. The molecule has 0 spiro atoms. The Hall–Kier alpha value is -5.06. The second-order valence-corrected chi connectivity index (χ2v) is 10.5. The maximum Gasteiger partial charge on any atom is 0.355 e. The van der Waals surface area contributed by atoms with Crippen LogP contribution in [0.5, 0.6) is 5.75 Å². The van der Waals surface area contributed by atoms with Gasteiger partial charge in [0.15, 0.2) is 11.6 Å². The molecule has 0 saturated heterocycles. The van der Waals surface area contributed by atoms with Gasteiger partial charge in [-0.05, 0) is 36.8 Å². The third kappa shape index (κ3) is 6.98. The molecule has 0 fully saturated rings. The van der Waals surface area contributed by atoms with Gasteiger partial charge in [-0.15, -0.1) is 0 Å². The molecule has 0 bridgehead atoms. The summed E-state index contributed by atoms with van der Waals surface area (Å²) in [6, 6.07) is 10.6. The van der Waals surface area contributed by atoms with E-state index in [1.165, 1.54) is 53.3 Å². The predicted molar refractivity (Wildman–Crippen MR) is 144 cm³/mol. The molecule has 0 aliphatic heterocycles. The fraction of sp³-hybridized carbons (Fsp3) is 0.200. The normalized spacial score (nSPS) is 12.2. The van der Waals surface area contributed by atoms with Gasteiger partial charge >= 0.3 is 11.7 Å². The van der Waals surface area contributed by atoms with E-state index in [2.05, 4.69) is 20.6 Å². The molecule has 4 aromatic rings. The van der Waals surface area contributed by atoms with Crippen LogP contribution in [0.4, 0.5) is 30.5 Å². The van der Waals surface area contributed by atoms with Crippen LogP contribution in [0.2, 0.25) is 0 Å². The number of aromatic amines is 1. The number of sulfonamides is 1. The summed E-state index contributed by atoms with van der Waals surface area (Å²) in [5, 5.41) is 22.6. The fourth-order valence-electron chi connectivity index (χ4n) is 3.82. The van der Waals surface area contributed by atoms with Crippen LogP contribution in [0, 0.1) is 5.82 Å². The molecule has 0 saturated carbocycles. The van der Waals surface area contributed by atoms with Crippen LogP contribution >= 0.6 is 0 Å². The number of nitrogens with one attached hydrogen (secondary N) is 3. The van der Waals surface area contributed by atoms with Crippen molar-refractivity contribution in [1.82, 2.24) is 20.0 Å². The smallest absolute Gasteiger partial charge is 0.355 e. The Balaban J connectivity index is 1.69. The van der Waals surface area contributed by atoms with Crippen molar-refractivity contribution >= 4 is 39.2 Å². The number of hydrogen-bond acceptors (Lipinski definition) is 8. The van der Waals surface area contributed by atoms with Gasteiger partial charge in [0.2, 0.25) is 0 Å². The molecule has 1 amide bonds. The minimum absolute atomic E-state index is 0.0226. The molecule has 42 heavy (non-hydrogen) atoms. The van der Waals surface area contributed by atoms with Crippen molar-refractivity contribution in [2.45, 2.75) is 31.8 Å². The third-order valence-electron chi connectivity index (χ3n) is 5.85. The molecule has 0 aliphatic rings. The molecule has 17 heteroatoms. The Labute approximate surface area is 236 Å². The van der Waals surface area contributed by atoms with E-state index in [-0.39, 0.29) is 52.9 Å². The van der Waals surface area contributed by atoms with Crippen molar-refractivity contribution < 1.29 is 41.0 Å². The number of ether oxygens (including phenoxy) is 1. The number of hydrogen-bond donors (Lipinski definition) is 5. The van der Waals surface area contributed by atoms with Crippen LogP contribution in [-0.2, 0) is 21.4 Å². The topological polar surface area (TPSA) is 194 Å². The molecular weight excluding hydrogens is 583 g/mol. The van der Waals surface area contributed by atoms with Crippen molar-refractivity contribution in [3.63, 3.8) is 0 Å². The summed E-state index contributed by atoms with van der Waals surface area (Å²) in [6.45, 7) is 1.68. The summed E-state index contributed by atoms with van der Waals surface area (Å²) in [4.78, 5) is 23.3. The molecular formula is C25H24F3N7O6S. The summed E-state index contributed by atoms with van der Waals surface area (Å²) in [7, 11) is -5.08. The number of H-pyrrole nitrogens is 1. The van der Waals surface area contributed by atoms with Gasteiger partial charge in [-0.2, -0.15) is 19.0 Å². The van der Waals surface area contributed by atoms with Crippen LogP contribution in [-0.4, -0.2) is 51.1 Å². The van der Waals surface area contributed by atoms with E-state index < -0.39 is 39.6 Å². The second kappa shape index (κ2) is 12.2. The Morgan fingerprint density at radius 3 is 2.52 bits per heavy atom. The number of carboxylic acid groups (broad SMARTS) is 1. The van der Waals surface area contributed by atoms with E-state index in [1.54, 1.807) is 11.6 Å². The largest absolute Gasteiger partial charge is 0.484 e. The molecule has 222 valence electrons. The number of nitrogens with zero attached hydrogens (tertiary/aromatic N) is 3. The number of rotatable bonds is 13. The molecule has 2 aromatic carbocycles. The average Bonchev–Trinajstić information content (AvgIpc) is 3.56. The van der Waals surface area contributed by atoms with Gasteiger partial charge in [0.05, 0.1) is 24.3 Å². The van der Waals surface area contributed by atoms with Crippen LogP contribution in [0.1, 0.15) is 35.4 Å². The van der Waals surface area contributed by atoms with Gasteiger partial charge in [-0.3, -0.25) is 24.1 Å². The number of carbonyl (C=O) groups is 2. The fourth-order valence-corrected chi connectivity index (χ4v) is 4.38. The highest BCUT2D eigenvalue weighted by molar-refractivity contribution is 7.93. The molecule has 1 unspecified atom stereocenters. The molecule has 2 aromatic heterocycles. The SMILES string of the molecule is CC(Oc1cc(-c2[nH]nc(Nc3ccn(CCC(=O)O)n3)c2C(N)=O)ccc1NS(=O)(=O)C(F)F)c1ccc(F)cc1. The Kier molecular flexibility index (Phi) is 8.70. The molecule has 4 rings (SSSR count). The number of anilines is 3. The lowest BCUT2D eigenvalue weighted by molar-refractivity contribution is -0.137. The summed E-state index contributed by atoms with van der Waals surface area (Å²) in [5.74, 6) is -6.11. The first-order chi connectivity index (χ1) is 19.8. The third-order valence-corrected chi connectivity index (χ3v) is 6.83. The first-order valence-electron chi connectivity index (χ1n) is 12.1. The van der Waals surface area contributed by atoms with Crippen LogP contribution in [0.25, 0.3) is 11.3 Å². The van der Waals surface area contributed by atoms with Crippen LogP contribution in [0.3, 0.4) is 0 Å². The number of alkyl halides is 2. The number of aromatic nitrogens is 4. The first-order valence-corrected chi connectivity index (χ1v) is 13.7. The minimum Gasteiger partial charge on any atom is -0.484 e. The summed E-state index contributed by atoms with van der Waals surface area (Å²) in [5.41, 5.74) is 5.99. The number of primary amides is 1. The van der Waals surface area contributed by atoms with E-state index >= 15 is 0 Å². The van der Waals surface area contributed by atoms with Crippen LogP contribution < -0.4 is 20.5 Å². The van der Waals surface area contributed by atoms with Crippen molar-refractivity contribution in [2.75, 3.05) is 10.0 Å². The van der Waals surface area contributed by atoms with Gasteiger partial charge in [0.1, 0.15) is 23.2 Å². The lowest BCUT2D eigenvalue weighted by Gasteiger charge is -2.19. The van der Waals surface area contributed by atoms with Gasteiger partial charge in [-0.25, -0.2) is 12.8 Å². The molecule has 0 aliphatic carbocycles. The Bertz CT molecular complexity index is 1710. The summed E-state index contributed by atoms with van der Waals surface area (Å²) < 4.78 is 72.5. The number of benzene rings is 2. The zero-order valence-corrected chi connectivity index (χ0v) is 22.5. The molecule has 0 radical (unpaired) electrons. The zero-order chi connectivity index (χ0) is 30.6. The molecule has 6 N–H and O–H groups in total. The number of aliphatic carboxylic acids is 1. The van der Waals surface area contributed by atoms with Crippen molar-refractivity contribution in [3.8, 4) is 17.0 Å². The summed E-state index contributed by atoms with van der Waals surface area (Å²) in [6.07, 6.45) is 0.573. The van der Waals surface area contributed by atoms with E-state index in [1.807, 2.05) is 0 Å². The predicted octanol–water partition coefficient (Wildman–Crippen LogP) is 3.83. The standard InChI is InChI=1S/C25H24F3N7O6S/c1-13(14-2-5-16(26)6-3-14)41-18-12-15(4-7-17(18)34-42(39,40)25(27)28)22-21(23(29)38)24(32-31-22)30-19-8-10-35(33-19)11-9-20(36)37/h2-8,10,12-13,25,34H,9,11H2,1H3,(H2,29,38)(H,36,37)(H2,30,31,32,33). The lowest BCUT2D eigenvalue weighted by Crippen LogP contribution is -2.21. The van der Waals surface area contributed by atoms with Gasteiger partial charge in [0.25, 0.3) is 15.9 Å². The monoisotopic (exact) mass is 607 g/mol.